The number of benzene rings is 2. The van der Waals surface area contributed by atoms with E-state index in [-0.39, 0.29) is 13.0 Å². The molecule has 0 aliphatic carbocycles. The summed E-state index contributed by atoms with van der Waals surface area (Å²) in [4.78, 5) is 58.4. The lowest BCUT2D eigenvalue weighted by Gasteiger charge is -2.35. The molecule has 0 saturated carbocycles. The number of pyridine rings is 1. The Kier molecular flexibility index (Phi) is 8.41. The van der Waals surface area contributed by atoms with Gasteiger partial charge in [-0.3, -0.25) is 20.0 Å². The molecule has 51 heavy (non-hydrogen) atoms. The smallest absolute Gasteiger partial charge is 0.407 e. The first kappa shape index (κ1) is 23.5. The number of alkyl carbamates (subject to hydrolysis) is 2. The number of carbonyl (C=O) groups excluding carboxylic acids is 4. The van der Waals surface area contributed by atoms with Crippen molar-refractivity contribution < 1.29 is 54.3 Å². The monoisotopic (exact) mass is 719 g/mol. The van der Waals surface area contributed by atoms with E-state index in [1.807, 2.05) is 0 Å². The molecule has 3 aromatic rings. The van der Waals surface area contributed by atoms with E-state index in [9.17, 15) is 24.3 Å². The molecule has 2 aromatic carbocycles. The number of hydrogen-bond acceptors (Lipinski definition) is 9. The van der Waals surface area contributed by atoms with Crippen LogP contribution < -0.4 is 21.4 Å². The van der Waals surface area contributed by atoms with Crippen LogP contribution in [0.3, 0.4) is 0 Å². The standard InChI is InChI=1S/C38H52N6O7/c1-37(2,3)31(41-35(48)50-7)33(46)40-29(22-25-14-10-9-11-15-25)30(45)24-44(43-34(47)32(38(4,5)6)42-36(49)51-8)23-26-17-19-27(20-18-26)28-16-12-13-21-39-28/h9-21,29-32,45H,22-24H2,1-8H3,(H,40,46)(H,41,48)(H,42,49)(H,43,47)/t29-,30-,31+,32-/m0/s1/i1D3,2D3,3D3,7D3,8D3. The lowest BCUT2D eigenvalue weighted by atomic mass is 9.85. The van der Waals surface area contributed by atoms with Crippen molar-refractivity contribution in [2.24, 2.45) is 10.8 Å². The molecule has 1 heterocycles. The minimum atomic E-state index is -4.13. The van der Waals surface area contributed by atoms with E-state index in [1.54, 1.807) is 105 Å². The van der Waals surface area contributed by atoms with Gasteiger partial charge in [0.25, 0.3) is 5.91 Å². The number of hydrogen-bond donors (Lipinski definition) is 5. The molecule has 0 radical (unpaired) electrons. The Morgan fingerprint density at radius 1 is 0.784 bits per heavy atom. The number of nitrogens with zero attached hydrogens (tertiary/aromatic N) is 2. The third-order valence-corrected chi connectivity index (χ3v) is 7.59. The van der Waals surface area contributed by atoms with Crippen molar-refractivity contribution in [1.82, 2.24) is 31.4 Å². The number of carbonyl (C=O) groups is 4. The molecule has 5 N–H and O–H groups in total. The summed E-state index contributed by atoms with van der Waals surface area (Å²) in [6.07, 6.45) is -4.17. The van der Waals surface area contributed by atoms with E-state index in [0.717, 1.165) is 5.01 Å². The predicted molar refractivity (Wildman–Crippen MR) is 194 cm³/mol. The maximum absolute atomic E-state index is 14.5. The van der Waals surface area contributed by atoms with Crippen molar-refractivity contribution in [3.8, 4) is 11.3 Å². The van der Waals surface area contributed by atoms with Crippen LogP contribution in [0.4, 0.5) is 9.59 Å². The van der Waals surface area contributed by atoms with E-state index >= 15 is 0 Å². The SMILES string of the molecule is [2H]C([2H])([2H])OC(=O)N[C@H](C(=O)N[C@@H](Cc1ccccc1)[C@@H](O)CN(Cc1ccc(-c2ccccn2)cc1)NC(=O)[C@H](NC(=O)OC([2H])([2H])[2H])C(C)(C)C)C(C([2H])([2H])[2H])(C([2H])([2H])[2H])C([2H])([2H])[2H]. The highest BCUT2D eigenvalue weighted by Gasteiger charge is 2.37. The molecule has 4 amide bonds. The lowest BCUT2D eigenvalue weighted by molar-refractivity contribution is -0.132. The summed E-state index contributed by atoms with van der Waals surface area (Å²) in [6.45, 7) is -8.59. The Morgan fingerprint density at radius 2 is 1.39 bits per heavy atom. The van der Waals surface area contributed by atoms with Gasteiger partial charge in [0.2, 0.25) is 5.91 Å². The molecular formula is C38H52N6O7. The van der Waals surface area contributed by atoms with Gasteiger partial charge in [-0.1, -0.05) is 102 Å². The summed E-state index contributed by atoms with van der Waals surface area (Å²) in [6, 6.07) is 13.7. The third-order valence-electron chi connectivity index (χ3n) is 7.59. The summed E-state index contributed by atoms with van der Waals surface area (Å²) in [5.74, 6) is -2.74. The van der Waals surface area contributed by atoms with E-state index in [2.05, 4.69) is 30.5 Å². The third kappa shape index (κ3) is 12.7. The van der Waals surface area contributed by atoms with Gasteiger partial charge < -0.3 is 30.5 Å². The van der Waals surface area contributed by atoms with Crippen molar-refractivity contribution in [3.63, 3.8) is 0 Å². The van der Waals surface area contributed by atoms with Crippen LogP contribution in [-0.2, 0) is 32.0 Å². The highest BCUT2D eigenvalue weighted by atomic mass is 16.5. The van der Waals surface area contributed by atoms with Gasteiger partial charge >= 0.3 is 12.2 Å². The van der Waals surface area contributed by atoms with Gasteiger partial charge in [0, 0.05) is 37.2 Å². The normalized spacial score (nSPS) is 19.6. The van der Waals surface area contributed by atoms with Gasteiger partial charge in [-0.2, -0.15) is 0 Å². The summed E-state index contributed by atoms with van der Waals surface area (Å²) < 4.78 is 126. The zero-order valence-corrected chi connectivity index (χ0v) is 28.2. The maximum Gasteiger partial charge on any atom is 0.407 e. The van der Waals surface area contributed by atoms with Gasteiger partial charge in [-0.25, -0.2) is 14.6 Å². The lowest BCUT2D eigenvalue weighted by Crippen LogP contribution is -2.60. The van der Waals surface area contributed by atoms with Crippen molar-refractivity contribution in [3.05, 3.63) is 90.1 Å². The van der Waals surface area contributed by atoms with Gasteiger partial charge in [-0.05, 0) is 40.5 Å². The van der Waals surface area contributed by atoms with Crippen molar-refractivity contribution in [2.75, 3.05) is 20.6 Å². The van der Waals surface area contributed by atoms with Crippen LogP contribution in [0.15, 0.2) is 79.0 Å². The minimum absolute atomic E-state index is 0.223. The number of methoxy groups -OCH3 is 2. The Balaban J connectivity index is 2.18. The van der Waals surface area contributed by atoms with E-state index in [1.165, 1.54) is 0 Å². The molecule has 0 fully saturated rings. The first-order valence-corrected chi connectivity index (χ1v) is 15.6. The molecule has 0 saturated heterocycles. The Morgan fingerprint density at radius 3 is 1.94 bits per heavy atom. The number of hydrazine groups is 1. The van der Waals surface area contributed by atoms with E-state index < -0.39 is 100 Å². The van der Waals surface area contributed by atoms with Crippen LogP contribution in [0.5, 0.6) is 0 Å². The Labute approximate surface area is 321 Å². The van der Waals surface area contributed by atoms with Gasteiger partial charge in [-0.15, -0.1) is 0 Å². The fourth-order valence-electron chi connectivity index (χ4n) is 5.02. The molecule has 276 valence electrons. The molecule has 0 unspecified atom stereocenters. The molecular weight excluding hydrogens is 652 g/mol. The topological polar surface area (TPSA) is 171 Å². The number of nitrogens with one attached hydrogen (secondary N) is 4. The van der Waals surface area contributed by atoms with E-state index in [4.69, 9.17) is 20.6 Å². The predicted octanol–water partition coefficient (Wildman–Crippen LogP) is 4.21. The highest BCUT2D eigenvalue weighted by Crippen LogP contribution is 2.23. The number of ether oxygens (including phenoxy) is 2. The van der Waals surface area contributed by atoms with Crippen molar-refractivity contribution in [1.29, 1.82) is 0 Å². The Bertz CT molecular complexity index is 2060. The second kappa shape index (κ2) is 18.3. The summed E-state index contributed by atoms with van der Waals surface area (Å²) in [5.41, 5.74) is -0.417. The molecule has 13 heteroatoms. The molecule has 0 spiro atoms. The second-order valence-corrected chi connectivity index (χ2v) is 12.7. The zero-order chi connectivity index (χ0) is 50.3. The molecule has 0 bridgehead atoms. The maximum atomic E-state index is 14.5. The van der Waals surface area contributed by atoms with Crippen LogP contribution in [0.1, 0.15) is 73.0 Å². The van der Waals surface area contributed by atoms with Gasteiger partial charge in [0.05, 0.1) is 40.1 Å². The second-order valence-electron chi connectivity index (χ2n) is 12.7. The van der Waals surface area contributed by atoms with Gasteiger partial charge in [0.15, 0.2) is 0 Å². The number of aliphatic hydroxyl groups is 1. The first-order valence-electron chi connectivity index (χ1n) is 23.1. The molecule has 3 rings (SSSR count). The fraction of sp³-hybridized carbons (Fsp3) is 0.447. The molecule has 0 aliphatic heterocycles. The Hall–Kier alpha value is -5.01. The largest absolute Gasteiger partial charge is 0.453 e. The molecule has 13 nitrogen and oxygen atoms in total. The van der Waals surface area contributed by atoms with Crippen LogP contribution in [-0.4, -0.2) is 84.0 Å². The van der Waals surface area contributed by atoms with E-state index in [0.29, 0.717) is 22.4 Å². The summed E-state index contributed by atoms with van der Waals surface area (Å²) in [5, 5.41) is 19.3. The summed E-state index contributed by atoms with van der Waals surface area (Å²) >= 11 is 0. The van der Waals surface area contributed by atoms with Crippen molar-refractivity contribution in [2.45, 2.75) is 78.5 Å². The fourth-order valence-corrected chi connectivity index (χ4v) is 5.02. The number of aliphatic hydroxyl groups excluding tert-OH is 1. The average Bonchev–Trinajstić information content (AvgIpc) is 3.14. The molecule has 1 aromatic heterocycles. The average molecular weight is 720 g/mol. The molecule has 0 aliphatic rings. The zero-order valence-electron chi connectivity index (χ0n) is 43.2. The van der Waals surface area contributed by atoms with Crippen LogP contribution >= 0.6 is 0 Å². The summed E-state index contributed by atoms with van der Waals surface area (Å²) in [7, 11) is -6.71. The van der Waals surface area contributed by atoms with Gasteiger partial charge in [0.1, 0.15) is 12.1 Å². The number of rotatable bonds is 14. The van der Waals surface area contributed by atoms with Crippen LogP contribution in [0, 0.1) is 10.8 Å². The molecule has 4 atom stereocenters. The van der Waals surface area contributed by atoms with Crippen molar-refractivity contribution >= 4 is 24.0 Å². The number of aromatic nitrogens is 1. The highest BCUT2D eigenvalue weighted by molar-refractivity contribution is 5.87. The van der Waals surface area contributed by atoms with Crippen LogP contribution in [0.2, 0.25) is 0 Å². The quantitative estimate of drug-likeness (QED) is 0.153. The minimum Gasteiger partial charge on any atom is -0.453 e. The number of amides is 4. The van der Waals surface area contributed by atoms with Crippen LogP contribution in [0.25, 0.3) is 11.3 Å². The first-order chi connectivity index (χ1) is 30.1.